The number of hydrogen-bond donors (Lipinski definition) is 0. The van der Waals surface area contributed by atoms with Crippen LogP contribution >= 0.6 is 11.6 Å². The Labute approximate surface area is 185 Å². The second-order valence-electron chi connectivity index (χ2n) is 8.25. The van der Waals surface area contributed by atoms with Gasteiger partial charge in [0, 0.05) is 12.7 Å². The molecule has 0 N–H and O–H groups in total. The predicted octanol–water partition coefficient (Wildman–Crippen LogP) is 4.81. The Morgan fingerprint density at radius 1 is 1.29 bits per heavy atom. The van der Waals surface area contributed by atoms with Crippen LogP contribution in [-0.4, -0.2) is 37.3 Å². The molecular weight excluding hydrogens is 423 g/mol. The molecule has 0 spiro atoms. The molecule has 2 aromatic heterocycles. The summed E-state index contributed by atoms with van der Waals surface area (Å²) in [4.78, 5) is 27.6. The first kappa shape index (κ1) is 22.8. The summed E-state index contributed by atoms with van der Waals surface area (Å²) < 4.78 is 22.1. The zero-order valence-corrected chi connectivity index (χ0v) is 18.8. The normalized spacial score (nSPS) is 11.7. The average molecular weight is 449 g/mol. The van der Waals surface area contributed by atoms with Crippen molar-refractivity contribution in [2.45, 2.75) is 52.7 Å². The Bertz CT molecular complexity index is 1150. The molecule has 0 atom stereocenters. The van der Waals surface area contributed by atoms with Gasteiger partial charge in [-0.05, 0) is 51.5 Å². The van der Waals surface area contributed by atoms with E-state index in [2.05, 4.69) is 5.10 Å². The highest BCUT2D eigenvalue weighted by Gasteiger charge is 2.25. The van der Waals surface area contributed by atoms with Crippen LogP contribution in [0.3, 0.4) is 0 Å². The van der Waals surface area contributed by atoms with Crippen LogP contribution < -0.4 is 5.56 Å². The topological polar surface area (TPSA) is 68.8 Å². The molecule has 1 amide bonds. The van der Waals surface area contributed by atoms with Crippen LogP contribution in [0.15, 0.2) is 41.3 Å². The van der Waals surface area contributed by atoms with Crippen LogP contribution in [0.1, 0.15) is 46.4 Å². The number of rotatable bonds is 6. The third-order valence-corrected chi connectivity index (χ3v) is 4.84. The number of aromatic nitrogens is 3. The van der Waals surface area contributed by atoms with E-state index in [0.717, 1.165) is 12.8 Å². The molecule has 0 aliphatic carbocycles. The van der Waals surface area contributed by atoms with Crippen LogP contribution in [0.2, 0.25) is 5.02 Å². The number of ether oxygens (including phenoxy) is 1. The molecule has 31 heavy (non-hydrogen) atoms. The number of hydrogen-bond acceptors (Lipinski definition) is 4. The third-order valence-electron chi connectivity index (χ3n) is 4.54. The number of halogens is 2. The first-order valence-electron chi connectivity index (χ1n) is 10.1. The second kappa shape index (κ2) is 9.09. The smallest absolute Gasteiger partial charge is 0.410 e. The number of amides is 1. The van der Waals surface area contributed by atoms with E-state index in [1.165, 1.54) is 32.2 Å². The summed E-state index contributed by atoms with van der Waals surface area (Å²) in [5.74, 6) is -0.232. The van der Waals surface area contributed by atoms with Crippen molar-refractivity contribution < 1.29 is 13.9 Å². The lowest BCUT2D eigenvalue weighted by Gasteiger charge is -2.28. The number of carbonyl (C=O) groups is 1. The van der Waals surface area contributed by atoms with Gasteiger partial charge in [-0.15, -0.1) is 0 Å². The third kappa shape index (κ3) is 5.25. The average Bonchev–Trinajstić information content (AvgIpc) is 3.04. The van der Waals surface area contributed by atoms with E-state index < -0.39 is 23.1 Å². The number of nitrogens with zero attached hydrogens (tertiary/aromatic N) is 4. The minimum Gasteiger partial charge on any atom is -0.444 e. The molecule has 0 fully saturated rings. The van der Waals surface area contributed by atoms with Crippen molar-refractivity contribution in [2.75, 3.05) is 6.54 Å². The lowest BCUT2D eigenvalue weighted by molar-refractivity contribution is 0.0224. The fourth-order valence-electron chi connectivity index (χ4n) is 3.14. The van der Waals surface area contributed by atoms with Crippen molar-refractivity contribution in [3.05, 3.63) is 63.5 Å². The van der Waals surface area contributed by atoms with E-state index in [0.29, 0.717) is 12.2 Å². The van der Waals surface area contributed by atoms with E-state index in [1.54, 1.807) is 39.1 Å². The van der Waals surface area contributed by atoms with Gasteiger partial charge in [0.05, 0.1) is 17.3 Å². The highest BCUT2D eigenvalue weighted by Crippen LogP contribution is 2.19. The lowest BCUT2D eigenvalue weighted by atomic mass is 10.2. The van der Waals surface area contributed by atoms with Crippen molar-refractivity contribution in [2.24, 2.45) is 0 Å². The van der Waals surface area contributed by atoms with Crippen LogP contribution in [0.25, 0.3) is 11.2 Å². The highest BCUT2D eigenvalue weighted by atomic mass is 35.5. The SMILES string of the molecule is CCCCN(Cc1nn2ccc(Cl)c2c(=O)n1-c1cccc(F)c1)C(=O)OC(C)(C)C. The van der Waals surface area contributed by atoms with Crippen molar-refractivity contribution in [3.8, 4) is 5.69 Å². The highest BCUT2D eigenvalue weighted by molar-refractivity contribution is 6.33. The standard InChI is InChI=1S/C22H26ClFN4O3/c1-5-6-11-26(21(30)31-22(2,3)4)14-18-25-27-12-10-17(23)19(27)20(29)28(18)16-9-7-8-15(24)13-16/h7-10,12-13H,5-6,11,14H2,1-4H3. The van der Waals surface area contributed by atoms with E-state index >= 15 is 0 Å². The molecular formula is C22H26ClFN4O3. The maximum Gasteiger partial charge on any atom is 0.410 e. The molecule has 166 valence electrons. The molecule has 0 aliphatic rings. The van der Waals surface area contributed by atoms with Gasteiger partial charge in [0.1, 0.15) is 16.9 Å². The zero-order valence-electron chi connectivity index (χ0n) is 18.1. The lowest BCUT2D eigenvalue weighted by Crippen LogP contribution is -2.39. The molecule has 0 aliphatic heterocycles. The molecule has 0 saturated carbocycles. The van der Waals surface area contributed by atoms with Crippen molar-refractivity contribution in [1.82, 2.24) is 19.1 Å². The Morgan fingerprint density at radius 3 is 2.68 bits per heavy atom. The molecule has 2 heterocycles. The first-order chi connectivity index (χ1) is 14.6. The molecule has 1 aromatic carbocycles. The molecule has 3 aromatic rings. The van der Waals surface area contributed by atoms with E-state index in [9.17, 15) is 14.0 Å². The van der Waals surface area contributed by atoms with E-state index in [1.807, 2.05) is 6.92 Å². The maximum atomic E-state index is 13.9. The van der Waals surface area contributed by atoms with Gasteiger partial charge >= 0.3 is 6.09 Å². The number of unbranched alkanes of at least 4 members (excludes halogenated alkanes) is 1. The Hall–Kier alpha value is -2.87. The number of benzene rings is 1. The molecule has 7 nitrogen and oxygen atoms in total. The largest absolute Gasteiger partial charge is 0.444 e. The van der Waals surface area contributed by atoms with Crippen molar-refractivity contribution in [1.29, 1.82) is 0 Å². The Morgan fingerprint density at radius 2 is 2.03 bits per heavy atom. The molecule has 0 saturated heterocycles. The number of fused-ring (bicyclic) bond motifs is 1. The predicted molar refractivity (Wildman–Crippen MR) is 117 cm³/mol. The minimum atomic E-state index is -0.672. The monoisotopic (exact) mass is 448 g/mol. The van der Waals surface area contributed by atoms with Crippen LogP contribution in [-0.2, 0) is 11.3 Å². The Balaban J connectivity index is 2.13. The van der Waals surface area contributed by atoms with Crippen LogP contribution in [0.5, 0.6) is 0 Å². The minimum absolute atomic E-state index is 0.00635. The molecule has 0 unspecified atom stereocenters. The first-order valence-corrected chi connectivity index (χ1v) is 10.5. The van der Waals surface area contributed by atoms with Crippen molar-refractivity contribution in [3.63, 3.8) is 0 Å². The van der Waals surface area contributed by atoms with Gasteiger partial charge in [-0.25, -0.2) is 13.7 Å². The number of carbonyl (C=O) groups excluding carboxylic acids is 1. The molecule has 9 heteroatoms. The fourth-order valence-corrected chi connectivity index (χ4v) is 3.36. The summed E-state index contributed by atoms with van der Waals surface area (Å²) in [6.07, 6.45) is 2.69. The summed E-state index contributed by atoms with van der Waals surface area (Å²) in [5.41, 5.74) is -0.654. The molecule has 3 rings (SSSR count). The molecule has 0 radical (unpaired) electrons. The summed E-state index contributed by atoms with van der Waals surface area (Å²) in [6.45, 7) is 7.82. The van der Waals surface area contributed by atoms with Gasteiger partial charge in [0.15, 0.2) is 5.82 Å². The van der Waals surface area contributed by atoms with Gasteiger partial charge in [0.25, 0.3) is 5.56 Å². The van der Waals surface area contributed by atoms with Crippen molar-refractivity contribution >= 4 is 23.2 Å². The molecule has 0 bridgehead atoms. The maximum absolute atomic E-state index is 13.9. The van der Waals surface area contributed by atoms with Gasteiger partial charge < -0.3 is 9.64 Å². The quantitative estimate of drug-likeness (QED) is 0.542. The zero-order chi connectivity index (χ0) is 22.8. The van der Waals surface area contributed by atoms with Gasteiger partial charge in [-0.3, -0.25) is 9.36 Å². The fraction of sp³-hybridized carbons (Fsp3) is 0.409. The van der Waals surface area contributed by atoms with E-state index in [4.69, 9.17) is 16.3 Å². The van der Waals surface area contributed by atoms with Gasteiger partial charge in [-0.1, -0.05) is 31.0 Å². The van der Waals surface area contributed by atoms with E-state index in [-0.39, 0.29) is 22.9 Å². The summed E-state index contributed by atoms with van der Waals surface area (Å²) in [6, 6.07) is 7.20. The summed E-state index contributed by atoms with van der Waals surface area (Å²) >= 11 is 6.19. The van der Waals surface area contributed by atoms with Crippen LogP contribution in [0, 0.1) is 5.82 Å². The second-order valence-corrected chi connectivity index (χ2v) is 8.66. The summed E-state index contributed by atoms with van der Waals surface area (Å²) in [5, 5.41) is 4.75. The van der Waals surface area contributed by atoms with Crippen LogP contribution in [0.4, 0.5) is 9.18 Å². The summed E-state index contributed by atoms with van der Waals surface area (Å²) in [7, 11) is 0. The van der Waals surface area contributed by atoms with Gasteiger partial charge in [-0.2, -0.15) is 5.10 Å². The Kier molecular flexibility index (Phi) is 6.69. The van der Waals surface area contributed by atoms with Gasteiger partial charge in [0.2, 0.25) is 0 Å².